The number of alkyl carbamates (subject to hydrolysis) is 1. The van der Waals surface area contributed by atoms with Gasteiger partial charge in [0.05, 0.1) is 6.42 Å². The van der Waals surface area contributed by atoms with Crippen molar-refractivity contribution in [3.8, 4) is 11.1 Å². The minimum absolute atomic E-state index is 0.00694. The van der Waals surface area contributed by atoms with Gasteiger partial charge >= 0.3 is 18.0 Å². The fraction of sp³-hybridized carbons (Fsp3) is 0.290. The van der Waals surface area contributed by atoms with E-state index in [-0.39, 0.29) is 25.2 Å². The molecule has 0 aliphatic heterocycles. The van der Waals surface area contributed by atoms with E-state index in [1.54, 1.807) is 12.1 Å². The zero-order chi connectivity index (χ0) is 28.1. The molecule has 40 heavy (non-hydrogen) atoms. The number of hydrogen-bond acceptors (Lipinski definition) is 6. The first kappa shape index (κ1) is 26.9. The van der Waals surface area contributed by atoms with Gasteiger partial charge in [0.25, 0.3) is 0 Å². The summed E-state index contributed by atoms with van der Waals surface area (Å²) >= 11 is 0. The van der Waals surface area contributed by atoms with Crippen LogP contribution in [0.25, 0.3) is 11.1 Å². The first-order valence-corrected chi connectivity index (χ1v) is 13.2. The molecule has 0 radical (unpaired) electrons. The van der Waals surface area contributed by atoms with Gasteiger partial charge in [0.15, 0.2) is 0 Å². The van der Waals surface area contributed by atoms with Crippen molar-refractivity contribution in [1.29, 1.82) is 0 Å². The van der Waals surface area contributed by atoms with Gasteiger partial charge in [-0.05, 0) is 40.7 Å². The van der Waals surface area contributed by atoms with Crippen LogP contribution in [0.15, 0.2) is 78.9 Å². The average molecular weight is 543 g/mol. The van der Waals surface area contributed by atoms with Crippen LogP contribution in [0.3, 0.4) is 0 Å². The third-order valence-electron chi connectivity index (χ3n) is 7.12. The summed E-state index contributed by atoms with van der Waals surface area (Å²) in [5, 5.41) is 11.8. The molecule has 1 fully saturated rings. The van der Waals surface area contributed by atoms with Crippen molar-refractivity contribution < 1.29 is 33.8 Å². The first-order valence-electron chi connectivity index (χ1n) is 13.2. The number of nitrogens with zero attached hydrogens (tertiary/aromatic N) is 1. The van der Waals surface area contributed by atoms with Crippen LogP contribution in [0.5, 0.6) is 0 Å². The van der Waals surface area contributed by atoms with E-state index in [2.05, 4.69) is 5.32 Å². The number of carboxylic acids is 1. The molecule has 9 heteroatoms. The molecule has 206 valence electrons. The number of amides is 2. The molecular weight excluding hydrogens is 512 g/mol. The Balaban J connectivity index is 1.27. The topological polar surface area (TPSA) is 122 Å². The molecule has 2 amide bonds. The predicted molar refractivity (Wildman–Crippen MR) is 145 cm³/mol. The number of esters is 1. The second-order valence-corrected chi connectivity index (χ2v) is 9.96. The van der Waals surface area contributed by atoms with E-state index < -0.39 is 42.9 Å². The lowest BCUT2D eigenvalue weighted by Gasteiger charge is -2.26. The zero-order valence-corrected chi connectivity index (χ0v) is 21.8. The molecule has 5 rings (SSSR count). The number of carbonyl (C=O) groups is 4. The number of benzene rings is 3. The van der Waals surface area contributed by atoms with Crippen molar-refractivity contribution in [2.24, 2.45) is 0 Å². The molecule has 2 aliphatic rings. The fourth-order valence-corrected chi connectivity index (χ4v) is 5.07. The number of ether oxygens (including phenoxy) is 2. The third kappa shape index (κ3) is 6.31. The molecule has 2 N–H and O–H groups in total. The van der Waals surface area contributed by atoms with Crippen molar-refractivity contribution in [2.75, 3.05) is 13.2 Å². The van der Waals surface area contributed by atoms with Crippen LogP contribution in [0.1, 0.15) is 41.9 Å². The quantitative estimate of drug-likeness (QED) is 0.350. The van der Waals surface area contributed by atoms with Gasteiger partial charge in [-0.3, -0.25) is 14.4 Å². The van der Waals surface area contributed by atoms with Crippen LogP contribution in [0, 0.1) is 0 Å². The Hall–Kier alpha value is -4.66. The maximum absolute atomic E-state index is 13.4. The summed E-state index contributed by atoms with van der Waals surface area (Å²) in [4.78, 5) is 51.6. The minimum atomic E-state index is -1.33. The van der Waals surface area contributed by atoms with E-state index in [0.717, 1.165) is 27.8 Å². The summed E-state index contributed by atoms with van der Waals surface area (Å²) in [6.45, 7) is -0.487. The molecule has 1 atom stereocenters. The maximum atomic E-state index is 13.4. The molecular formula is C31H30N2O7. The average Bonchev–Trinajstić information content (AvgIpc) is 3.76. The van der Waals surface area contributed by atoms with Crippen LogP contribution in [0.2, 0.25) is 0 Å². The Morgan fingerprint density at radius 1 is 0.850 bits per heavy atom. The second-order valence-electron chi connectivity index (χ2n) is 9.96. The number of nitrogens with one attached hydrogen (secondary N) is 1. The highest BCUT2D eigenvalue weighted by Crippen LogP contribution is 2.44. The third-order valence-corrected chi connectivity index (χ3v) is 7.12. The highest BCUT2D eigenvalue weighted by Gasteiger charge is 2.39. The molecule has 9 nitrogen and oxygen atoms in total. The van der Waals surface area contributed by atoms with Gasteiger partial charge in [0, 0.05) is 12.0 Å². The monoisotopic (exact) mass is 542 g/mol. The Bertz CT molecular complexity index is 1360. The molecule has 0 spiro atoms. The summed E-state index contributed by atoms with van der Waals surface area (Å²) in [6, 6.07) is 23.3. The SMILES string of the molecule is O=C(O)CN(C(=O)[C@H](CC(=O)OCc1ccccc1)NC(=O)OCC1c2ccccc2-c2ccccc21)C1CC1. The Morgan fingerprint density at radius 3 is 2.05 bits per heavy atom. The lowest BCUT2D eigenvalue weighted by atomic mass is 9.98. The maximum Gasteiger partial charge on any atom is 0.407 e. The van der Waals surface area contributed by atoms with Gasteiger partial charge in [0.2, 0.25) is 5.91 Å². The smallest absolute Gasteiger partial charge is 0.407 e. The summed E-state index contributed by atoms with van der Waals surface area (Å²) in [7, 11) is 0. The molecule has 0 bridgehead atoms. The zero-order valence-electron chi connectivity index (χ0n) is 21.8. The van der Waals surface area contributed by atoms with E-state index in [1.807, 2.05) is 66.7 Å². The van der Waals surface area contributed by atoms with Crippen molar-refractivity contribution in [2.45, 2.75) is 43.9 Å². The molecule has 0 aromatic heterocycles. The Morgan fingerprint density at radius 2 is 1.45 bits per heavy atom. The molecule has 0 unspecified atom stereocenters. The predicted octanol–water partition coefficient (Wildman–Crippen LogP) is 4.10. The molecule has 2 aliphatic carbocycles. The lowest BCUT2D eigenvalue weighted by molar-refractivity contribution is -0.150. The highest BCUT2D eigenvalue weighted by molar-refractivity contribution is 5.91. The fourth-order valence-electron chi connectivity index (χ4n) is 5.07. The van der Waals surface area contributed by atoms with Gasteiger partial charge < -0.3 is 24.8 Å². The van der Waals surface area contributed by atoms with Gasteiger partial charge in [-0.1, -0.05) is 78.9 Å². The number of aliphatic carboxylic acids is 1. The number of hydrogen-bond donors (Lipinski definition) is 2. The molecule has 1 saturated carbocycles. The largest absolute Gasteiger partial charge is 0.480 e. The Kier molecular flexibility index (Phi) is 8.10. The van der Waals surface area contributed by atoms with Crippen LogP contribution < -0.4 is 5.32 Å². The first-order chi connectivity index (χ1) is 19.4. The van der Waals surface area contributed by atoms with Crippen molar-refractivity contribution in [3.63, 3.8) is 0 Å². The molecule has 3 aromatic carbocycles. The molecule has 3 aromatic rings. The van der Waals surface area contributed by atoms with Crippen molar-refractivity contribution >= 4 is 23.9 Å². The van der Waals surface area contributed by atoms with Crippen LogP contribution >= 0.6 is 0 Å². The van der Waals surface area contributed by atoms with Crippen molar-refractivity contribution in [1.82, 2.24) is 10.2 Å². The summed E-state index contributed by atoms with van der Waals surface area (Å²) in [5.74, 6) is -2.72. The summed E-state index contributed by atoms with van der Waals surface area (Å²) < 4.78 is 10.9. The van der Waals surface area contributed by atoms with E-state index in [9.17, 15) is 24.3 Å². The van der Waals surface area contributed by atoms with Crippen LogP contribution in [-0.2, 0) is 30.5 Å². The molecule has 0 heterocycles. The van der Waals surface area contributed by atoms with E-state index in [0.29, 0.717) is 12.8 Å². The van der Waals surface area contributed by atoms with Gasteiger partial charge in [-0.15, -0.1) is 0 Å². The minimum Gasteiger partial charge on any atom is -0.480 e. The van der Waals surface area contributed by atoms with Crippen LogP contribution in [-0.4, -0.2) is 59.2 Å². The highest BCUT2D eigenvalue weighted by atomic mass is 16.5. The van der Waals surface area contributed by atoms with Gasteiger partial charge in [-0.25, -0.2) is 4.79 Å². The number of fused-ring (bicyclic) bond motifs is 3. The number of rotatable bonds is 11. The Labute approximate surface area is 231 Å². The summed E-state index contributed by atoms with van der Waals surface area (Å²) in [5.41, 5.74) is 5.00. The van der Waals surface area contributed by atoms with Crippen molar-refractivity contribution in [3.05, 3.63) is 95.6 Å². The standard InChI is InChI=1S/C31H30N2O7/c34-28(35)17-33(21-14-15-21)30(37)27(16-29(36)39-18-20-8-2-1-3-9-20)32-31(38)40-19-26-24-12-6-4-10-22(24)23-11-5-7-13-25(23)26/h1-13,21,26-27H,14-19H2,(H,32,38)(H,34,35)/t27-/m0/s1. The van der Waals surface area contributed by atoms with Gasteiger partial charge in [-0.2, -0.15) is 0 Å². The summed E-state index contributed by atoms with van der Waals surface area (Å²) in [6.07, 6.45) is -0.00895. The van der Waals surface area contributed by atoms with E-state index in [4.69, 9.17) is 9.47 Å². The molecule has 0 saturated heterocycles. The second kappa shape index (κ2) is 12.0. The number of carboxylic acid groups (broad SMARTS) is 1. The van der Waals surface area contributed by atoms with E-state index in [1.165, 1.54) is 4.90 Å². The van der Waals surface area contributed by atoms with Gasteiger partial charge in [0.1, 0.15) is 25.8 Å². The van der Waals surface area contributed by atoms with Crippen LogP contribution in [0.4, 0.5) is 4.79 Å². The normalized spacial score (nSPS) is 14.4. The van der Waals surface area contributed by atoms with E-state index >= 15 is 0 Å². The lowest BCUT2D eigenvalue weighted by Crippen LogP contribution is -2.51. The number of carbonyl (C=O) groups excluding carboxylic acids is 3.